The van der Waals surface area contributed by atoms with Gasteiger partial charge in [0, 0.05) is 30.2 Å². The van der Waals surface area contributed by atoms with Gasteiger partial charge in [0.1, 0.15) is 5.82 Å². The molecule has 1 aromatic carbocycles. The van der Waals surface area contributed by atoms with Crippen molar-refractivity contribution in [2.24, 2.45) is 5.41 Å². The fourth-order valence-corrected chi connectivity index (χ4v) is 2.82. The number of hydrogen-bond donors (Lipinski definition) is 2. The van der Waals surface area contributed by atoms with Crippen LogP contribution < -0.4 is 5.32 Å². The number of rotatable bonds is 6. The predicted octanol–water partition coefficient (Wildman–Crippen LogP) is 2.61. The maximum absolute atomic E-state index is 13.3. The number of aliphatic hydroxyl groups excluding tert-OH is 1. The molecule has 0 bridgehead atoms. The van der Waals surface area contributed by atoms with Gasteiger partial charge in [-0.25, -0.2) is 4.39 Å². The van der Waals surface area contributed by atoms with Crippen LogP contribution in [0.2, 0.25) is 0 Å². The molecule has 1 fully saturated rings. The van der Waals surface area contributed by atoms with E-state index >= 15 is 0 Å². The minimum atomic E-state index is -0.350. The molecule has 112 valence electrons. The molecule has 1 aromatic rings. The number of aliphatic hydroxyl groups is 1. The highest BCUT2D eigenvalue weighted by atomic mass is 19.1. The monoisotopic (exact) mass is 281 g/mol. The number of nitrogens with one attached hydrogen (secondary N) is 1. The summed E-state index contributed by atoms with van der Waals surface area (Å²) < 4.78 is 19.0. The lowest BCUT2D eigenvalue weighted by Crippen LogP contribution is -2.60. The molecule has 0 spiro atoms. The van der Waals surface area contributed by atoms with E-state index in [0.717, 1.165) is 18.6 Å². The number of halogens is 1. The molecular formula is C16H24FNO2. The lowest BCUT2D eigenvalue weighted by molar-refractivity contribution is -0.114. The summed E-state index contributed by atoms with van der Waals surface area (Å²) in [6.45, 7) is 7.60. The molecule has 0 aromatic heterocycles. The Bertz CT molecular complexity index is 462. The van der Waals surface area contributed by atoms with Crippen molar-refractivity contribution in [1.82, 2.24) is 5.32 Å². The summed E-state index contributed by atoms with van der Waals surface area (Å²) in [5.74, 6) is -0.350. The zero-order valence-electron chi connectivity index (χ0n) is 12.4. The molecule has 2 atom stereocenters. The largest absolute Gasteiger partial charge is 0.392 e. The molecule has 0 heterocycles. The van der Waals surface area contributed by atoms with Crippen LogP contribution in [0.4, 0.5) is 4.39 Å². The third-order valence-corrected chi connectivity index (χ3v) is 4.38. The third kappa shape index (κ3) is 3.03. The second-order valence-corrected chi connectivity index (χ2v) is 6.02. The molecule has 1 aliphatic rings. The average molecular weight is 281 g/mol. The Kier molecular flexibility index (Phi) is 4.78. The molecule has 20 heavy (non-hydrogen) atoms. The summed E-state index contributed by atoms with van der Waals surface area (Å²) in [5.41, 5.74) is 1.46. The average Bonchev–Trinajstić information content (AvgIpc) is 2.43. The molecule has 0 amide bonds. The van der Waals surface area contributed by atoms with Crippen LogP contribution in [0.25, 0.3) is 0 Å². The zero-order valence-corrected chi connectivity index (χ0v) is 12.4. The van der Waals surface area contributed by atoms with Crippen molar-refractivity contribution >= 4 is 0 Å². The minimum absolute atomic E-state index is 0.121. The van der Waals surface area contributed by atoms with E-state index in [1.807, 2.05) is 6.92 Å². The normalized spacial score (nSPS) is 24.4. The summed E-state index contributed by atoms with van der Waals surface area (Å²) in [6.07, 6.45) is 1.32. The predicted molar refractivity (Wildman–Crippen MR) is 76.8 cm³/mol. The van der Waals surface area contributed by atoms with Crippen LogP contribution in [-0.2, 0) is 17.9 Å². The number of hydrogen-bond acceptors (Lipinski definition) is 3. The van der Waals surface area contributed by atoms with Gasteiger partial charge in [-0.05, 0) is 31.0 Å². The number of benzene rings is 1. The van der Waals surface area contributed by atoms with Crippen molar-refractivity contribution in [1.29, 1.82) is 0 Å². The van der Waals surface area contributed by atoms with E-state index in [1.54, 1.807) is 12.1 Å². The lowest BCUT2D eigenvalue weighted by Gasteiger charge is -2.52. The first-order valence-corrected chi connectivity index (χ1v) is 7.22. The summed E-state index contributed by atoms with van der Waals surface area (Å²) in [6, 6.07) is 5.29. The molecule has 0 radical (unpaired) electrons. The zero-order chi connectivity index (χ0) is 14.8. The first-order chi connectivity index (χ1) is 9.48. The summed E-state index contributed by atoms with van der Waals surface area (Å²) in [4.78, 5) is 0. The van der Waals surface area contributed by atoms with Gasteiger partial charge in [-0.3, -0.25) is 0 Å². The van der Waals surface area contributed by atoms with Gasteiger partial charge in [0.05, 0.1) is 12.7 Å². The molecule has 2 rings (SSSR count). The highest BCUT2D eigenvalue weighted by Crippen LogP contribution is 2.42. The van der Waals surface area contributed by atoms with Gasteiger partial charge in [0.15, 0.2) is 0 Å². The van der Waals surface area contributed by atoms with Crippen LogP contribution in [-0.4, -0.2) is 23.9 Å². The summed E-state index contributed by atoms with van der Waals surface area (Å²) in [7, 11) is 0. The van der Waals surface area contributed by atoms with E-state index in [-0.39, 0.29) is 17.8 Å². The second-order valence-electron chi connectivity index (χ2n) is 6.02. The highest BCUT2D eigenvalue weighted by molar-refractivity contribution is 5.24. The summed E-state index contributed by atoms with van der Waals surface area (Å²) in [5, 5.41) is 12.6. The van der Waals surface area contributed by atoms with Crippen LogP contribution in [0.1, 0.15) is 38.3 Å². The minimum Gasteiger partial charge on any atom is -0.392 e. The Balaban J connectivity index is 1.90. The van der Waals surface area contributed by atoms with Gasteiger partial charge in [0.2, 0.25) is 0 Å². The SMILES string of the molecule is CCO[C@H]1C[C@@H](NCc2ccc(F)c(CO)c2)C1(C)C. The van der Waals surface area contributed by atoms with E-state index in [2.05, 4.69) is 19.2 Å². The van der Waals surface area contributed by atoms with E-state index in [9.17, 15) is 4.39 Å². The van der Waals surface area contributed by atoms with Gasteiger partial charge in [0.25, 0.3) is 0 Å². The smallest absolute Gasteiger partial charge is 0.128 e. The van der Waals surface area contributed by atoms with Crippen molar-refractivity contribution in [3.05, 3.63) is 35.1 Å². The molecular weight excluding hydrogens is 257 g/mol. The van der Waals surface area contributed by atoms with Crippen LogP contribution in [0.15, 0.2) is 18.2 Å². The van der Waals surface area contributed by atoms with E-state index < -0.39 is 0 Å². The van der Waals surface area contributed by atoms with Gasteiger partial charge in [-0.1, -0.05) is 19.9 Å². The molecule has 1 aliphatic carbocycles. The van der Waals surface area contributed by atoms with Crippen LogP contribution in [0.3, 0.4) is 0 Å². The van der Waals surface area contributed by atoms with Crippen LogP contribution in [0.5, 0.6) is 0 Å². The van der Waals surface area contributed by atoms with Crippen molar-refractivity contribution in [2.45, 2.75) is 52.5 Å². The number of ether oxygens (including phenoxy) is 1. The first kappa shape index (κ1) is 15.4. The Hall–Kier alpha value is -0.970. The summed E-state index contributed by atoms with van der Waals surface area (Å²) >= 11 is 0. The second kappa shape index (κ2) is 6.20. The van der Waals surface area contributed by atoms with E-state index in [1.165, 1.54) is 6.07 Å². The van der Waals surface area contributed by atoms with Gasteiger partial charge >= 0.3 is 0 Å². The maximum atomic E-state index is 13.3. The van der Waals surface area contributed by atoms with Crippen molar-refractivity contribution in [3.63, 3.8) is 0 Å². The van der Waals surface area contributed by atoms with Crippen LogP contribution >= 0.6 is 0 Å². The van der Waals surface area contributed by atoms with Crippen molar-refractivity contribution in [3.8, 4) is 0 Å². The molecule has 0 saturated heterocycles. The Morgan fingerprint density at radius 1 is 1.45 bits per heavy atom. The Morgan fingerprint density at radius 3 is 2.80 bits per heavy atom. The maximum Gasteiger partial charge on any atom is 0.128 e. The van der Waals surface area contributed by atoms with E-state index in [0.29, 0.717) is 24.3 Å². The fourth-order valence-electron chi connectivity index (χ4n) is 2.82. The molecule has 0 aliphatic heterocycles. The van der Waals surface area contributed by atoms with Gasteiger partial charge < -0.3 is 15.2 Å². The van der Waals surface area contributed by atoms with Gasteiger partial charge in [-0.15, -0.1) is 0 Å². The fraction of sp³-hybridized carbons (Fsp3) is 0.625. The quantitative estimate of drug-likeness (QED) is 0.842. The standard InChI is InChI=1S/C16H24FNO2/c1-4-20-15-8-14(16(15,2)3)18-9-11-5-6-13(17)12(7-11)10-19/h5-7,14-15,18-19H,4,8-10H2,1-3H3/t14-,15+/m1/s1. The molecule has 3 nitrogen and oxygen atoms in total. The third-order valence-electron chi connectivity index (χ3n) is 4.38. The Labute approximate surface area is 120 Å². The van der Waals surface area contributed by atoms with E-state index in [4.69, 9.17) is 9.84 Å². The molecule has 4 heteroatoms. The Morgan fingerprint density at radius 2 is 2.20 bits per heavy atom. The lowest BCUT2D eigenvalue weighted by atomic mass is 9.64. The first-order valence-electron chi connectivity index (χ1n) is 7.22. The molecule has 1 saturated carbocycles. The molecule has 2 N–H and O–H groups in total. The topological polar surface area (TPSA) is 41.5 Å². The highest BCUT2D eigenvalue weighted by Gasteiger charge is 2.48. The van der Waals surface area contributed by atoms with Crippen molar-refractivity contribution < 1.29 is 14.2 Å². The van der Waals surface area contributed by atoms with Crippen LogP contribution in [0, 0.1) is 11.2 Å². The molecule has 0 unspecified atom stereocenters. The van der Waals surface area contributed by atoms with Gasteiger partial charge in [-0.2, -0.15) is 0 Å². The van der Waals surface area contributed by atoms with Crippen molar-refractivity contribution in [2.75, 3.05) is 6.61 Å².